The first kappa shape index (κ1) is 24.9. The monoisotopic (exact) mass is 482 g/mol. The summed E-state index contributed by atoms with van der Waals surface area (Å²) in [5, 5.41) is 50.0. The molecule has 8 heteroatoms. The Morgan fingerprint density at radius 2 is 1.74 bits per heavy atom. The third kappa shape index (κ3) is 3.58. The summed E-state index contributed by atoms with van der Waals surface area (Å²) in [4.78, 5) is 12.3. The lowest BCUT2D eigenvalue weighted by Gasteiger charge is -2.63. The lowest BCUT2D eigenvalue weighted by atomic mass is 9.41. The van der Waals surface area contributed by atoms with Gasteiger partial charge in [-0.25, -0.2) is 0 Å². The number of hydrogen-bond acceptors (Lipinski definition) is 7. The summed E-state index contributed by atoms with van der Waals surface area (Å²) >= 11 is 0. The maximum atomic E-state index is 12.3. The summed E-state index contributed by atoms with van der Waals surface area (Å²) in [5.74, 6) is 0.988. The van der Waals surface area contributed by atoms with E-state index in [2.05, 4.69) is 6.92 Å². The van der Waals surface area contributed by atoms with E-state index >= 15 is 0 Å². The zero-order chi connectivity index (χ0) is 24.5. The Labute approximate surface area is 201 Å². The van der Waals surface area contributed by atoms with E-state index in [1.165, 1.54) is 0 Å². The quantitative estimate of drug-likeness (QED) is 0.401. The number of aliphatic hydroxyl groups is 4. The molecule has 12 atom stereocenters. The van der Waals surface area contributed by atoms with Crippen molar-refractivity contribution in [3.05, 3.63) is 0 Å². The molecule has 0 aromatic heterocycles. The highest BCUT2D eigenvalue weighted by Crippen LogP contribution is 2.72. The highest BCUT2D eigenvalue weighted by Gasteiger charge is 2.65. The van der Waals surface area contributed by atoms with Crippen LogP contribution in [0.5, 0.6) is 0 Å². The smallest absolute Gasteiger partial charge is 0.309 e. The second-order valence-electron chi connectivity index (χ2n) is 12.6. The van der Waals surface area contributed by atoms with Crippen molar-refractivity contribution in [2.45, 2.75) is 102 Å². The summed E-state index contributed by atoms with van der Waals surface area (Å²) in [6.07, 6.45) is 3.18. The molecular weight excluding hydrogens is 440 g/mol. The fraction of sp³-hybridized carbons (Fsp3) is 0.962. The van der Waals surface area contributed by atoms with Crippen LogP contribution in [0.25, 0.3) is 0 Å². The third-order valence-electron chi connectivity index (χ3n) is 11.1. The standard InChI is InChI=1S/C26H42O8/c1-24-7-3-8-25(2,23(31)32)17(24)6-9-26-10-14(4-5-18(24)26)15(11-26)13-33-22-21(30)20(29)19(28)16(12-27)34-22/h14-22,27-30H,3-13H2,1-2H3,(H,31,32)/t14-,15+,16-,17?,18+,19-,20+,21-,22-,24-,25-,26+/m1/s1. The molecule has 4 aliphatic carbocycles. The van der Waals surface area contributed by atoms with E-state index in [-0.39, 0.29) is 16.7 Å². The fourth-order valence-electron chi connectivity index (χ4n) is 9.46. The van der Waals surface area contributed by atoms with Gasteiger partial charge in [0, 0.05) is 0 Å². The third-order valence-corrected chi connectivity index (χ3v) is 11.1. The summed E-state index contributed by atoms with van der Waals surface area (Å²) in [5.41, 5.74) is -0.342. The maximum absolute atomic E-state index is 12.3. The minimum atomic E-state index is -1.42. The summed E-state index contributed by atoms with van der Waals surface area (Å²) in [6.45, 7) is 4.31. The average molecular weight is 483 g/mol. The number of ether oxygens (including phenoxy) is 2. The molecule has 1 heterocycles. The minimum absolute atomic E-state index is 0.0572. The summed E-state index contributed by atoms with van der Waals surface area (Å²) in [6, 6.07) is 0. The van der Waals surface area contributed by atoms with Gasteiger partial charge in [-0.15, -0.1) is 0 Å². The number of carboxylic acids is 1. The van der Waals surface area contributed by atoms with Gasteiger partial charge in [-0.1, -0.05) is 13.3 Å². The predicted octanol–water partition coefficient (Wildman–Crippen LogP) is 1.92. The van der Waals surface area contributed by atoms with Crippen LogP contribution in [0.2, 0.25) is 0 Å². The minimum Gasteiger partial charge on any atom is -0.481 e. The zero-order valence-corrected chi connectivity index (χ0v) is 20.4. The van der Waals surface area contributed by atoms with E-state index in [9.17, 15) is 30.3 Å². The second-order valence-corrected chi connectivity index (χ2v) is 12.6. The Morgan fingerprint density at radius 1 is 0.971 bits per heavy atom. The Morgan fingerprint density at radius 3 is 2.44 bits per heavy atom. The summed E-state index contributed by atoms with van der Waals surface area (Å²) in [7, 11) is 0. The van der Waals surface area contributed by atoms with Crippen molar-refractivity contribution < 1.29 is 39.8 Å². The van der Waals surface area contributed by atoms with Crippen LogP contribution < -0.4 is 0 Å². The molecule has 8 nitrogen and oxygen atoms in total. The molecule has 0 amide bonds. The van der Waals surface area contributed by atoms with Crippen molar-refractivity contribution in [2.24, 2.45) is 39.9 Å². The molecule has 5 N–H and O–H groups in total. The first-order valence-corrected chi connectivity index (χ1v) is 13.2. The van der Waals surface area contributed by atoms with Crippen LogP contribution in [0.4, 0.5) is 0 Å². The normalized spacial score (nSPS) is 54.8. The molecule has 34 heavy (non-hydrogen) atoms. The molecule has 1 saturated heterocycles. The SMILES string of the molecule is C[C@@]1(C(=O)O)CCC[C@]2(C)C1CC[C@@]13C[C@@H](CC[C@H]12)[C@H](CO[C@@H]1O[C@H](CO)[C@@H](O)[C@H](O)[C@H]1O)C3. The summed E-state index contributed by atoms with van der Waals surface area (Å²) < 4.78 is 11.5. The molecule has 0 aromatic carbocycles. The Kier molecular flexibility index (Phi) is 6.35. The largest absolute Gasteiger partial charge is 0.481 e. The number of carboxylic acid groups (broad SMARTS) is 1. The van der Waals surface area contributed by atoms with Gasteiger partial charge < -0.3 is 35.0 Å². The number of carbonyl (C=O) groups is 1. The highest BCUT2D eigenvalue weighted by atomic mass is 16.7. The molecule has 2 bridgehead atoms. The molecule has 194 valence electrons. The molecule has 1 aliphatic heterocycles. The zero-order valence-electron chi connectivity index (χ0n) is 20.4. The van der Waals surface area contributed by atoms with Gasteiger partial charge in [0.15, 0.2) is 6.29 Å². The molecule has 0 aromatic rings. The molecular formula is C26H42O8. The van der Waals surface area contributed by atoms with Gasteiger partial charge >= 0.3 is 5.97 Å². The average Bonchev–Trinajstić information content (AvgIpc) is 3.06. The fourth-order valence-corrected chi connectivity index (χ4v) is 9.46. The van der Waals surface area contributed by atoms with Crippen molar-refractivity contribution in [3.8, 4) is 0 Å². The number of hydrogen-bond donors (Lipinski definition) is 5. The van der Waals surface area contributed by atoms with Crippen molar-refractivity contribution in [1.29, 1.82) is 0 Å². The molecule has 5 rings (SSSR count). The first-order valence-electron chi connectivity index (χ1n) is 13.2. The number of aliphatic carboxylic acids is 1. The maximum Gasteiger partial charge on any atom is 0.309 e. The van der Waals surface area contributed by atoms with Crippen LogP contribution in [0.3, 0.4) is 0 Å². The van der Waals surface area contributed by atoms with Gasteiger partial charge in [-0.05, 0) is 92.8 Å². The van der Waals surface area contributed by atoms with Gasteiger partial charge in [-0.3, -0.25) is 4.79 Å². The molecule has 4 saturated carbocycles. The molecule has 0 radical (unpaired) electrons. The van der Waals surface area contributed by atoms with E-state index in [0.29, 0.717) is 24.4 Å². The lowest BCUT2D eigenvalue weighted by molar-refractivity contribution is -0.303. The molecule has 1 unspecified atom stereocenters. The van der Waals surface area contributed by atoms with Crippen molar-refractivity contribution in [3.63, 3.8) is 0 Å². The van der Waals surface area contributed by atoms with Gasteiger partial charge in [0.2, 0.25) is 0 Å². The van der Waals surface area contributed by atoms with Crippen LogP contribution in [0, 0.1) is 39.9 Å². The van der Waals surface area contributed by atoms with Gasteiger partial charge in [0.25, 0.3) is 0 Å². The predicted molar refractivity (Wildman–Crippen MR) is 122 cm³/mol. The van der Waals surface area contributed by atoms with E-state index in [1.807, 2.05) is 6.92 Å². The number of aliphatic hydroxyl groups excluding tert-OH is 4. The Bertz CT molecular complexity index is 789. The topological polar surface area (TPSA) is 137 Å². The van der Waals surface area contributed by atoms with E-state index in [1.54, 1.807) is 0 Å². The Balaban J connectivity index is 1.29. The van der Waals surface area contributed by atoms with Crippen molar-refractivity contribution >= 4 is 5.97 Å². The van der Waals surface area contributed by atoms with Crippen LogP contribution in [0.1, 0.15) is 71.6 Å². The first-order chi connectivity index (χ1) is 16.1. The van der Waals surface area contributed by atoms with E-state index < -0.39 is 48.7 Å². The van der Waals surface area contributed by atoms with Crippen LogP contribution in [-0.2, 0) is 14.3 Å². The second kappa shape index (κ2) is 8.67. The Hall–Kier alpha value is -0.770. The van der Waals surface area contributed by atoms with Crippen molar-refractivity contribution in [1.82, 2.24) is 0 Å². The van der Waals surface area contributed by atoms with Crippen LogP contribution >= 0.6 is 0 Å². The molecule has 1 spiro atoms. The molecule has 5 fully saturated rings. The van der Waals surface area contributed by atoms with Crippen LogP contribution in [0.15, 0.2) is 0 Å². The van der Waals surface area contributed by atoms with Gasteiger partial charge in [0.1, 0.15) is 24.4 Å². The van der Waals surface area contributed by atoms with Crippen LogP contribution in [-0.4, -0.2) is 75.4 Å². The van der Waals surface area contributed by atoms with E-state index in [4.69, 9.17) is 9.47 Å². The highest BCUT2D eigenvalue weighted by molar-refractivity contribution is 5.75. The number of rotatable bonds is 5. The van der Waals surface area contributed by atoms with Gasteiger partial charge in [0.05, 0.1) is 18.6 Å². The number of fused-ring (bicyclic) bond motifs is 3. The lowest BCUT2D eigenvalue weighted by Crippen LogP contribution is -2.59. The van der Waals surface area contributed by atoms with Gasteiger partial charge in [-0.2, -0.15) is 0 Å². The molecule has 5 aliphatic rings. The van der Waals surface area contributed by atoms with E-state index in [0.717, 1.165) is 57.8 Å². The van der Waals surface area contributed by atoms with Crippen molar-refractivity contribution in [2.75, 3.05) is 13.2 Å².